The molecule has 0 aromatic heterocycles. The van der Waals surface area contributed by atoms with Crippen LogP contribution in [0.2, 0.25) is 0 Å². The number of rotatable bonds is 2. The minimum Gasteiger partial charge on any atom is -0.497 e. The fourth-order valence-electron chi connectivity index (χ4n) is 0.739. The first-order chi connectivity index (χ1) is 6.27. The molecule has 72 valence electrons. The summed E-state index contributed by atoms with van der Waals surface area (Å²) in [5.74, 6) is -0.0469. The molecule has 1 aromatic rings. The summed E-state index contributed by atoms with van der Waals surface area (Å²) in [6, 6.07) is 4.01. The Bertz CT molecular complexity index is 272. The second kappa shape index (κ2) is 6.17. The maximum atomic E-state index is 12.6. The fourth-order valence-corrected chi connectivity index (χ4v) is 0.739. The van der Waals surface area contributed by atoms with Gasteiger partial charge < -0.3 is 4.74 Å². The van der Waals surface area contributed by atoms with E-state index in [9.17, 15) is 9.18 Å². The Balaban J connectivity index is 0.000000671. The summed E-state index contributed by atoms with van der Waals surface area (Å²) in [6.45, 7) is 4.00. The van der Waals surface area contributed by atoms with Crippen LogP contribution in [0.1, 0.15) is 24.2 Å². The van der Waals surface area contributed by atoms with Crippen LogP contribution in [0.3, 0.4) is 0 Å². The van der Waals surface area contributed by atoms with Gasteiger partial charge in [0, 0.05) is 0 Å². The van der Waals surface area contributed by atoms with E-state index in [-0.39, 0.29) is 5.56 Å². The quantitative estimate of drug-likeness (QED) is 0.660. The number of hydrogen-bond acceptors (Lipinski definition) is 2. The van der Waals surface area contributed by atoms with Gasteiger partial charge in [-0.3, -0.25) is 4.79 Å². The number of aldehydes is 1. The normalized spacial score (nSPS) is 8.31. The van der Waals surface area contributed by atoms with Gasteiger partial charge in [-0.15, -0.1) is 0 Å². The molecule has 0 N–H and O–H groups in total. The lowest BCUT2D eigenvalue weighted by Gasteiger charge is -1.99. The van der Waals surface area contributed by atoms with Crippen molar-refractivity contribution in [3.63, 3.8) is 0 Å². The Morgan fingerprint density at radius 3 is 2.46 bits per heavy atom. The van der Waals surface area contributed by atoms with E-state index in [4.69, 9.17) is 4.74 Å². The standard InChI is InChI=1S/C8H7FO2.C2H6/c1-11-7-2-3-8(9)6(4-7)5-10;1-2/h2-5H,1H3;1-2H3. The highest BCUT2D eigenvalue weighted by Gasteiger charge is 2.00. The summed E-state index contributed by atoms with van der Waals surface area (Å²) in [6.07, 6.45) is 0.456. The molecule has 1 aromatic carbocycles. The van der Waals surface area contributed by atoms with Gasteiger partial charge in [0.2, 0.25) is 0 Å². The molecule has 0 saturated heterocycles. The van der Waals surface area contributed by atoms with E-state index < -0.39 is 5.82 Å². The number of carbonyl (C=O) groups is 1. The maximum absolute atomic E-state index is 12.6. The molecule has 0 radical (unpaired) electrons. The first-order valence-electron chi connectivity index (χ1n) is 4.06. The predicted molar refractivity (Wildman–Crippen MR) is 49.7 cm³/mol. The van der Waals surface area contributed by atoms with Gasteiger partial charge >= 0.3 is 0 Å². The van der Waals surface area contributed by atoms with E-state index in [0.29, 0.717) is 12.0 Å². The van der Waals surface area contributed by atoms with Gasteiger partial charge in [-0.2, -0.15) is 0 Å². The molecule has 13 heavy (non-hydrogen) atoms. The molecule has 3 heteroatoms. The first-order valence-corrected chi connectivity index (χ1v) is 4.06. The largest absolute Gasteiger partial charge is 0.497 e. The van der Waals surface area contributed by atoms with Crippen LogP contribution < -0.4 is 4.74 Å². The van der Waals surface area contributed by atoms with Crippen molar-refractivity contribution in [3.8, 4) is 5.75 Å². The summed E-state index contributed by atoms with van der Waals surface area (Å²) in [4.78, 5) is 10.2. The highest BCUT2D eigenvalue weighted by atomic mass is 19.1. The van der Waals surface area contributed by atoms with Crippen molar-refractivity contribution >= 4 is 6.29 Å². The minimum atomic E-state index is -0.527. The Kier molecular flexibility index (Phi) is 5.52. The average Bonchev–Trinajstić information content (AvgIpc) is 2.22. The van der Waals surface area contributed by atoms with Crippen molar-refractivity contribution in [2.24, 2.45) is 0 Å². The van der Waals surface area contributed by atoms with Crippen LogP contribution in [0.25, 0.3) is 0 Å². The third-order valence-electron chi connectivity index (χ3n) is 1.33. The van der Waals surface area contributed by atoms with Gasteiger partial charge in [0.1, 0.15) is 11.6 Å². The first kappa shape index (κ1) is 11.6. The van der Waals surface area contributed by atoms with Crippen molar-refractivity contribution < 1.29 is 13.9 Å². The van der Waals surface area contributed by atoms with Crippen LogP contribution in [0.5, 0.6) is 5.75 Å². The molecular weight excluding hydrogens is 171 g/mol. The molecule has 0 aliphatic rings. The van der Waals surface area contributed by atoms with Crippen molar-refractivity contribution in [1.29, 1.82) is 0 Å². The zero-order valence-corrected chi connectivity index (χ0v) is 8.00. The molecule has 0 bridgehead atoms. The zero-order chi connectivity index (χ0) is 10.3. The van der Waals surface area contributed by atoms with Gasteiger partial charge in [-0.05, 0) is 18.2 Å². The summed E-state index contributed by atoms with van der Waals surface area (Å²) in [7, 11) is 1.46. The molecule has 0 saturated carbocycles. The van der Waals surface area contributed by atoms with Crippen LogP contribution in [-0.4, -0.2) is 13.4 Å². The van der Waals surface area contributed by atoms with Crippen LogP contribution in [0, 0.1) is 5.82 Å². The van der Waals surface area contributed by atoms with Crippen molar-refractivity contribution in [2.75, 3.05) is 7.11 Å². The van der Waals surface area contributed by atoms with E-state index in [1.54, 1.807) is 0 Å². The van der Waals surface area contributed by atoms with Gasteiger partial charge in [-0.25, -0.2) is 4.39 Å². The molecule has 0 fully saturated rings. The SMILES string of the molecule is CC.COc1ccc(F)c(C=O)c1. The number of ether oxygens (including phenoxy) is 1. The van der Waals surface area contributed by atoms with E-state index in [1.807, 2.05) is 13.8 Å². The second-order valence-electron chi connectivity index (χ2n) is 2.01. The molecule has 2 nitrogen and oxygen atoms in total. The van der Waals surface area contributed by atoms with Crippen LogP contribution in [0.4, 0.5) is 4.39 Å². The third kappa shape index (κ3) is 3.23. The topological polar surface area (TPSA) is 26.3 Å². The predicted octanol–water partition coefficient (Wildman–Crippen LogP) is 2.67. The molecule has 0 amide bonds. The number of hydrogen-bond donors (Lipinski definition) is 0. The number of methoxy groups -OCH3 is 1. The highest BCUT2D eigenvalue weighted by Crippen LogP contribution is 2.14. The lowest BCUT2D eigenvalue weighted by molar-refractivity contribution is 0.111. The third-order valence-corrected chi connectivity index (χ3v) is 1.33. The highest BCUT2D eigenvalue weighted by molar-refractivity contribution is 5.75. The Morgan fingerprint density at radius 2 is 2.00 bits per heavy atom. The monoisotopic (exact) mass is 184 g/mol. The van der Waals surface area contributed by atoms with Gasteiger partial charge in [0.25, 0.3) is 0 Å². The van der Waals surface area contributed by atoms with Crippen molar-refractivity contribution in [3.05, 3.63) is 29.6 Å². The van der Waals surface area contributed by atoms with Crippen LogP contribution >= 0.6 is 0 Å². The molecule has 0 aliphatic heterocycles. The average molecular weight is 184 g/mol. The lowest BCUT2D eigenvalue weighted by atomic mass is 10.2. The molecular formula is C10H13FO2. The van der Waals surface area contributed by atoms with E-state index >= 15 is 0 Å². The molecule has 0 spiro atoms. The number of carbonyl (C=O) groups excluding carboxylic acids is 1. The number of benzene rings is 1. The maximum Gasteiger partial charge on any atom is 0.153 e. The molecule has 1 rings (SSSR count). The number of halogens is 1. The summed E-state index contributed by atoms with van der Waals surface area (Å²) in [5.41, 5.74) is 0.0179. The Hall–Kier alpha value is -1.38. The van der Waals surface area contributed by atoms with Gasteiger partial charge in [0.15, 0.2) is 6.29 Å². The molecule has 0 aliphatic carbocycles. The summed E-state index contributed by atoms with van der Waals surface area (Å²) in [5, 5.41) is 0. The second-order valence-corrected chi connectivity index (χ2v) is 2.01. The van der Waals surface area contributed by atoms with Gasteiger partial charge in [0.05, 0.1) is 12.7 Å². The van der Waals surface area contributed by atoms with Crippen molar-refractivity contribution in [1.82, 2.24) is 0 Å². The van der Waals surface area contributed by atoms with Crippen molar-refractivity contribution in [2.45, 2.75) is 13.8 Å². The lowest BCUT2D eigenvalue weighted by Crippen LogP contribution is -1.89. The minimum absolute atomic E-state index is 0.0179. The smallest absolute Gasteiger partial charge is 0.153 e. The molecule has 0 atom stereocenters. The molecule has 0 heterocycles. The Labute approximate surface area is 77.3 Å². The summed E-state index contributed by atoms with van der Waals surface area (Å²) >= 11 is 0. The fraction of sp³-hybridized carbons (Fsp3) is 0.300. The zero-order valence-electron chi connectivity index (χ0n) is 8.00. The Morgan fingerprint density at radius 1 is 1.38 bits per heavy atom. The summed E-state index contributed by atoms with van der Waals surface area (Å²) < 4.78 is 17.4. The van der Waals surface area contributed by atoms with E-state index in [1.165, 1.54) is 25.3 Å². The van der Waals surface area contributed by atoms with Crippen LogP contribution in [-0.2, 0) is 0 Å². The van der Waals surface area contributed by atoms with E-state index in [0.717, 1.165) is 0 Å². The van der Waals surface area contributed by atoms with Gasteiger partial charge in [-0.1, -0.05) is 13.8 Å². The van der Waals surface area contributed by atoms with Crippen LogP contribution in [0.15, 0.2) is 18.2 Å². The van der Waals surface area contributed by atoms with E-state index in [2.05, 4.69) is 0 Å². The molecule has 0 unspecified atom stereocenters.